The Morgan fingerprint density at radius 2 is 1.94 bits per heavy atom. The Morgan fingerprint density at radius 3 is 2.65 bits per heavy atom. The van der Waals surface area contributed by atoms with Crippen LogP contribution < -0.4 is 10.6 Å². The molecule has 0 bridgehead atoms. The van der Waals surface area contributed by atoms with Gasteiger partial charge in [-0.05, 0) is 49.9 Å². The summed E-state index contributed by atoms with van der Waals surface area (Å²) in [5, 5.41) is 6.13. The van der Waals surface area contributed by atoms with Gasteiger partial charge in [-0.3, -0.25) is 4.79 Å². The number of amides is 1. The molecule has 1 saturated heterocycles. The Kier molecular flexibility index (Phi) is 10.7. The van der Waals surface area contributed by atoms with Crippen LogP contribution in [-0.4, -0.2) is 44.3 Å². The molecular formula is C23H34ClFN2O4. The Balaban J connectivity index is 0.00000341. The van der Waals surface area contributed by atoms with Gasteiger partial charge in [-0.15, -0.1) is 12.4 Å². The van der Waals surface area contributed by atoms with Gasteiger partial charge in [-0.25, -0.2) is 9.18 Å². The van der Waals surface area contributed by atoms with Gasteiger partial charge in [0, 0.05) is 25.3 Å². The summed E-state index contributed by atoms with van der Waals surface area (Å²) in [5.41, 5.74) is 0.213. The molecule has 0 unspecified atom stereocenters. The van der Waals surface area contributed by atoms with E-state index in [-0.39, 0.29) is 36.5 Å². The predicted octanol–water partition coefficient (Wildman–Crippen LogP) is 4.33. The molecule has 1 aromatic carbocycles. The molecule has 0 spiro atoms. The molecule has 1 heterocycles. The number of anilines is 1. The van der Waals surface area contributed by atoms with E-state index >= 15 is 0 Å². The second-order valence-electron chi connectivity index (χ2n) is 8.15. The highest BCUT2D eigenvalue weighted by Gasteiger charge is 2.38. The number of hydrogen-bond donors (Lipinski definition) is 2. The monoisotopic (exact) mass is 456 g/mol. The van der Waals surface area contributed by atoms with E-state index in [0.717, 1.165) is 13.0 Å². The molecule has 6 nitrogen and oxygen atoms in total. The van der Waals surface area contributed by atoms with Crippen LogP contribution in [0.2, 0.25) is 0 Å². The van der Waals surface area contributed by atoms with Gasteiger partial charge >= 0.3 is 5.97 Å². The average Bonchev–Trinajstić information content (AvgIpc) is 3.24. The minimum Gasteiger partial charge on any atom is -0.462 e. The molecule has 3 rings (SSSR count). The lowest BCUT2D eigenvalue weighted by atomic mass is 9.76. The fourth-order valence-electron chi connectivity index (χ4n) is 4.61. The molecule has 2 fully saturated rings. The van der Waals surface area contributed by atoms with Crippen LogP contribution in [0.4, 0.5) is 10.1 Å². The van der Waals surface area contributed by atoms with Crippen LogP contribution in [0.3, 0.4) is 0 Å². The Morgan fingerprint density at radius 1 is 1.16 bits per heavy atom. The van der Waals surface area contributed by atoms with Crippen LogP contribution >= 0.6 is 12.4 Å². The van der Waals surface area contributed by atoms with E-state index in [1.165, 1.54) is 44.2 Å². The van der Waals surface area contributed by atoms with E-state index < -0.39 is 11.8 Å². The lowest BCUT2D eigenvalue weighted by Gasteiger charge is -2.30. The highest BCUT2D eigenvalue weighted by molar-refractivity contribution is 5.96. The Hall–Kier alpha value is -1.70. The zero-order valence-corrected chi connectivity index (χ0v) is 19.0. The number of nitrogens with one attached hydrogen (secondary N) is 2. The number of hydrogen-bond acceptors (Lipinski definition) is 5. The highest BCUT2D eigenvalue weighted by Crippen LogP contribution is 2.36. The number of halogens is 2. The summed E-state index contributed by atoms with van der Waals surface area (Å²) in [5.74, 6) is -0.626. The number of rotatable bonds is 9. The molecule has 1 aliphatic carbocycles. The summed E-state index contributed by atoms with van der Waals surface area (Å²) in [4.78, 5) is 24.9. The molecule has 1 amide bonds. The number of ether oxygens (including phenoxy) is 2. The molecule has 174 valence electrons. The maximum absolute atomic E-state index is 14.4. The molecule has 2 aliphatic rings. The molecule has 8 heteroatoms. The summed E-state index contributed by atoms with van der Waals surface area (Å²) in [6.45, 7) is 4.00. The first-order chi connectivity index (χ1) is 14.6. The highest BCUT2D eigenvalue weighted by atomic mass is 35.5. The topological polar surface area (TPSA) is 76.7 Å². The fraction of sp³-hybridized carbons (Fsp3) is 0.652. The zero-order chi connectivity index (χ0) is 21.3. The van der Waals surface area contributed by atoms with Gasteiger partial charge < -0.3 is 20.1 Å². The van der Waals surface area contributed by atoms with E-state index in [2.05, 4.69) is 10.6 Å². The quantitative estimate of drug-likeness (QED) is 0.427. The van der Waals surface area contributed by atoms with Gasteiger partial charge in [-0.2, -0.15) is 0 Å². The van der Waals surface area contributed by atoms with Gasteiger partial charge in [-0.1, -0.05) is 32.1 Å². The van der Waals surface area contributed by atoms with Gasteiger partial charge in [0.2, 0.25) is 5.91 Å². The summed E-state index contributed by atoms with van der Waals surface area (Å²) in [7, 11) is 0. The minimum atomic E-state index is -0.711. The molecular weight excluding hydrogens is 423 g/mol. The second-order valence-corrected chi connectivity index (χ2v) is 8.15. The van der Waals surface area contributed by atoms with Crippen molar-refractivity contribution in [2.24, 2.45) is 11.8 Å². The second kappa shape index (κ2) is 13.0. The molecule has 0 radical (unpaired) electrons. The van der Waals surface area contributed by atoms with E-state index in [0.29, 0.717) is 37.2 Å². The van der Waals surface area contributed by atoms with Crippen molar-refractivity contribution >= 4 is 30.0 Å². The molecule has 2 N–H and O–H groups in total. The van der Waals surface area contributed by atoms with E-state index in [4.69, 9.17) is 9.47 Å². The Bertz CT molecular complexity index is 728. The molecule has 1 aliphatic heterocycles. The fourth-order valence-corrected chi connectivity index (χ4v) is 4.61. The van der Waals surface area contributed by atoms with Crippen molar-refractivity contribution in [3.8, 4) is 0 Å². The number of benzene rings is 1. The number of carbonyl (C=O) groups is 2. The van der Waals surface area contributed by atoms with Crippen LogP contribution in [0.25, 0.3) is 0 Å². The first-order valence-corrected chi connectivity index (χ1v) is 11.2. The summed E-state index contributed by atoms with van der Waals surface area (Å²) in [6, 6.07) is 3.84. The van der Waals surface area contributed by atoms with Crippen LogP contribution in [0.5, 0.6) is 0 Å². The minimum absolute atomic E-state index is 0. The largest absolute Gasteiger partial charge is 0.462 e. The van der Waals surface area contributed by atoms with Crippen LogP contribution in [0, 0.1) is 17.7 Å². The van der Waals surface area contributed by atoms with Gasteiger partial charge in [0.1, 0.15) is 5.82 Å². The van der Waals surface area contributed by atoms with Crippen molar-refractivity contribution < 1.29 is 23.5 Å². The average molecular weight is 457 g/mol. The summed E-state index contributed by atoms with van der Waals surface area (Å²) < 4.78 is 24.7. The van der Waals surface area contributed by atoms with Crippen molar-refractivity contribution in [2.45, 2.75) is 57.9 Å². The smallest absolute Gasteiger partial charge is 0.341 e. The first kappa shape index (κ1) is 25.6. The van der Waals surface area contributed by atoms with Crippen LogP contribution in [0.15, 0.2) is 18.2 Å². The van der Waals surface area contributed by atoms with Crippen molar-refractivity contribution in [1.82, 2.24) is 5.32 Å². The summed E-state index contributed by atoms with van der Waals surface area (Å²) in [6.07, 6.45) is 7.71. The third-order valence-electron chi connectivity index (χ3n) is 6.13. The van der Waals surface area contributed by atoms with Crippen molar-refractivity contribution in [3.63, 3.8) is 0 Å². The SMILES string of the molecule is CCOCCCOC(=O)c1ccc(NC(=O)[C@@H]2NCC[C@H]2C2CCCCC2)cc1F.Cl. The first-order valence-electron chi connectivity index (χ1n) is 11.2. The number of esters is 1. The van der Waals surface area contributed by atoms with Gasteiger partial charge in [0.05, 0.1) is 18.2 Å². The molecule has 31 heavy (non-hydrogen) atoms. The van der Waals surface area contributed by atoms with Gasteiger partial charge in [0.15, 0.2) is 0 Å². The maximum Gasteiger partial charge on any atom is 0.341 e. The molecule has 1 aromatic rings. The van der Waals surface area contributed by atoms with Crippen molar-refractivity contribution in [3.05, 3.63) is 29.6 Å². The maximum atomic E-state index is 14.4. The number of carbonyl (C=O) groups excluding carboxylic acids is 2. The molecule has 2 atom stereocenters. The zero-order valence-electron chi connectivity index (χ0n) is 18.2. The normalized spacial score (nSPS) is 21.4. The van der Waals surface area contributed by atoms with Crippen molar-refractivity contribution in [2.75, 3.05) is 31.7 Å². The predicted molar refractivity (Wildman–Crippen MR) is 120 cm³/mol. The third-order valence-corrected chi connectivity index (χ3v) is 6.13. The van der Waals surface area contributed by atoms with Crippen LogP contribution in [0.1, 0.15) is 62.2 Å². The Labute approximate surface area is 190 Å². The van der Waals surface area contributed by atoms with Gasteiger partial charge in [0.25, 0.3) is 0 Å². The third kappa shape index (κ3) is 7.16. The van der Waals surface area contributed by atoms with E-state index in [1.807, 2.05) is 6.92 Å². The van der Waals surface area contributed by atoms with Crippen LogP contribution in [-0.2, 0) is 14.3 Å². The standard InChI is InChI=1S/C23H33FN2O4.ClH/c1-2-29-13-6-14-30-23(28)19-10-9-17(15-20(19)24)26-22(27)21-18(11-12-25-21)16-7-4-3-5-8-16;/h9-10,15-16,18,21,25H,2-8,11-14H2,1H3,(H,26,27);1H/t18-,21+;/m0./s1. The van der Waals surface area contributed by atoms with E-state index in [1.54, 1.807) is 6.07 Å². The van der Waals surface area contributed by atoms with E-state index in [9.17, 15) is 14.0 Å². The lowest BCUT2D eigenvalue weighted by molar-refractivity contribution is -0.119. The van der Waals surface area contributed by atoms with Crippen molar-refractivity contribution in [1.29, 1.82) is 0 Å². The molecule has 1 saturated carbocycles. The summed E-state index contributed by atoms with van der Waals surface area (Å²) >= 11 is 0. The lowest BCUT2D eigenvalue weighted by Crippen LogP contribution is -2.42. The molecule has 0 aromatic heterocycles.